The van der Waals surface area contributed by atoms with Gasteiger partial charge in [-0.25, -0.2) is 0 Å². The summed E-state index contributed by atoms with van der Waals surface area (Å²) in [7, 11) is 0. The lowest BCUT2D eigenvalue weighted by Crippen LogP contribution is -2.37. The molecule has 0 radical (unpaired) electrons. The van der Waals surface area contributed by atoms with Gasteiger partial charge in [-0.05, 0) is 37.5 Å². The third-order valence-electron chi connectivity index (χ3n) is 3.62. The first-order valence-electron chi connectivity index (χ1n) is 7.87. The lowest BCUT2D eigenvalue weighted by molar-refractivity contribution is -0.155. The van der Waals surface area contributed by atoms with Crippen LogP contribution in [0.25, 0.3) is 0 Å². The second kappa shape index (κ2) is 8.15. The van der Waals surface area contributed by atoms with E-state index in [0.717, 1.165) is 18.4 Å². The molecule has 6 nitrogen and oxygen atoms in total. The maximum atomic E-state index is 12.1. The quantitative estimate of drug-likeness (QED) is 0.736. The van der Waals surface area contributed by atoms with Crippen molar-refractivity contribution in [3.05, 3.63) is 34.9 Å². The van der Waals surface area contributed by atoms with E-state index in [1.165, 1.54) is 13.8 Å². The number of nitrogens with one attached hydrogen (secondary N) is 2. The van der Waals surface area contributed by atoms with Gasteiger partial charge in [0.15, 0.2) is 6.10 Å². The molecule has 2 rings (SSSR count). The molecule has 130 valence electrons. The number of carbonyl (C=O) groups excluding carboxylic acids is 3. The summed E-state index contributed by atoms with van der Waals surface area (Å²) in [6, 6.07) is 6.51. The van der Waals surface area contributed by atoms with Crippen LogP contribution in [0.5, 0.6) is 0 Å². The molecule has 1 saturated carbocycles. The molecule has 2 amide bonds. The number of benzene rings is 1. The largest absolute Gasteiger partial charge is 0.452 e. The van der Waals surface area contributed by atoms with E-state index in [-0.39, 0.29) is 24.3 Å². The number of amides is 2. The van der Waals surface area contributed by atoms with Gasteiger partial charge in [-0.3, -0.25) is 14.4 Å². The Morgan fingerprint density at radius 2 is 1.88 bits per heavy atom. The van der Waals surface area contributed by atoms with Crippen molar-refractivity contribution in [1.82, 2.24) is 10.6 Å². The smallest absolute Gasteiger partial charge is 0.309 e. The number of hydrogen-bond donors (Lipinski definition) is 2. The predicted octanol–water partition coefficient (Wildman–Crippen LogP) is 2.12. The highest BCUT2D eigenvalue weighted by Crippen LogP contribution is 2.21. The third kappa shape index (κ3) is 5.85. The van der Waals surface area contributed by atoms with E-state index in [1.54, 1.807) is 24.3 Å². The molecule has 7 heteroatoms. The van der Waals surface area contributed by atoms with Crippen LogP contribution in [-0.4, -0.2) is 29.9 Å². The summed E-state index contributed by atoms with van der Waals surface area (Å²) in [6.07, 6.45) is 1.00. The van der Waals surface area contributed by atoms with Crippen LogP contribution in [0.1, 0.15) is 44.7 Å². The highest BCUT2D eigenvalue weighted by molar-refractivity contribution is 6.30. The average Bonchev–Trinajstić information content (AvgIpc) is 3.30. The monoisotopic (exact) mass is 352 g/mol. The third-order valence-corrected chi connectivity index (χ3v) is 3.87. The first kappa shape index (κ1) is 18.3. The first-order chi connectivity index (χ1) is 11.3. The molecule has 2 unspecified atom stereocenters. The molecular weight excluding hydrogens is 332 g/mol. The van der Waals surface area contributed by atoms with Crippen molar-refractivity contribution in [3.8, 4) is 0 Å². The van der Waals surface area contributed by atoms with Crippen LogP contribution in [0, 0.1) is 0 Å². The zero-order valence-electron chi connectivity index (χ0n) is 13.7. The molecule has 1 aliphatic rings. The van der Waals surface area contributed by atoms with Gasteiger partial charge in [-0.1, -0.05) is 23.7 Å². The van der Waals surface area contributed by atoms with E-state index in [0.29, 0.717) is 5.02 Å². The van der Waals surface area contributed by atoms with E-state index in [9.17, 15) is 14.4 Å². The zero-order valence-corrected chi connectivity index (χ0v) is 14.4. The Bertz CT molecular complexity index is 614. The SMILES string of the molecule is CC(=O)NC(CC(=O)OC(C)C(=O)NC1CC1)c1ccc(Cl)cc1. The highest BCUT2D eigenvalue weighted by Gasteiger charge is 2.28. The van der Waals surface area contributed by atoms with Crippen molar-refractivity contribution >= 4 is 29.4 Å². The van der Waals surface area contributed by atoms with Crippen LogP contribution in [-0.2, 0) is 19.1 Å². The fraction of sp³-hybridized carbons (Fsp3) is 0.471. The fourth-order valence-corrected chi connectivity index (χ4v) is 2.33. The molecule has 1 aromatic carbocycles. The lowest BCUT2D eigenvalue weighted by atomic mass is 10.0. The Morgan fingerprint density at radius 3 is 2.42 bits per heavy atom. The van der Waals surface area contributed by atoms with Crippen LogP contribution >= 0.6 is 11.6 Å². The van der Waals surface area contributed by atoms with Crippen LogP contribution in [0.15, 0.2) is 24.3 Å². The van der Waals surface area contributed by atoms with E-state index in [2.05, 4.69) is 10.6 Å². The summed E-state index contributed by atoms with van der Waals surface area (Å²) in [5.74, 6) is -1.11. The molecular formula is C17H21ClN2O4. The molecule has 0 saturated heterocycles. The van der Waals surface area contributed by atoms with Gasteiger partial charge >= 0.3 is 5.97 Å². The van der Waals surface area contributed by atoms with Crippen LogP contribution in [0.4, 0.5) is 0 Å². The molecule has 2 atom stereocenters. The molecule has 0 spiro atoms. The van der Waals surface area contributed by atoms with Crippen molar-refractivity contribution < 1.29 is 19.1 Å². The Morgan fingerprint density at radius 1 is 1.25 bits per heavy atom. The number of carbonyl (C=O) groups is 3. The fourth-order valence-electron chi connectivity index (χ4n) is 2.20. The summed E-state index contributed by atoms with van der Waals surface area (Å²) in [5, 5.41) is 6.05. The molecule has 1 fully saturated rings. The van der Waals surface area contributed by atoms with Crippen molar-refractivity contribution in [2.75, 3.05) is 0 Å². The molecule has 2 N–H and O–H groups in total. The zero-order chi connectivity index (χ0) is 17.7. The summed E-state index contributed by atoms with van der Waals surface area (Å²) in [4.78, 5) is 35.3. The predicted molar refractivity (Wildman–Crippen MR) is 89.3 cm³/mol. The van der Waals surface area contributed by atoms with Crippen LogP contribution in [0.2, 0.25) is 5.02 Å². The first-order valence-corrected chi connectivity index (χ1v) is 8.25. The molecule has 0 bridgehead atoms. The standard InChI is InChI=1S/C17H21ClN2O4/c1-10(17(23)20-14-7-8-14)24-16(22)9-15(19-11(2)21)12-3-5-13(18)6-4-12/h3-6,10,14-15H,7-9H2,1-2H3,(H,19,21)(H,20,23). The van der Waals surface area contributed by atoms with Crippen LogP contribution in [0.3, 0.4) is 0 Å². The van der Waals surface area contributed by atoms with Crippen molar-refractivity contribution in [1.29, 1.82) is 0 Å². The van der Waals surface area contributed by atoms with Gasteiger partial charge in [0.25, 0.3) is 5.91 Å². The van der Waals surface area contributed by atoms with Crippen molar-refractivity contribution in [2.24, 2.45) is 0 Å². The molecule has 24 heavy (non-hydrogen) atoms. The van der Waals surface area contributed by atoms with Gasteiger partial charge in [0.2, 0.25) is 5.91 Å². The minimum atomic E-state index is -0.860. The Hall–Kier alpha value is -2.08. The van der Waals surface area contributed by atoms with E-state index in [4.69, 9.17) is 16.3 Å². The van der Waals surface area contributed by atoms with Crippen molar-refractivity contribution in [2.45, 2.75) is 51.3 Å². The van der Waals surface area contributed by atoms with Gasteiger partial charge in [0.05, 0.1) is 12.5 Å². The van der Waals surface area contributed by atoms with Gasteiger partial charge in [-0.15, -0.1) is 0 Å². The number of esters is 1. The summed E-state index contributed by atoms with van der Waals surface area (Å²) in [6.45, 7) is 2.91. The Labute approximate surface area is 145 Å². The van der Waals surface area contributed by atoms with E-state index in [1.807, 2.05) is 0 Å². The average molecular weight is 353 g/mol. The minimum absolute atomic E-state index is 0.0672. The number of hydrogen-bond acceptors (Lipinski definition) is 4. The maximum Gasteiger partial charge on any atom is 0.309 e. The molecule has 0 aromatic heterocycles. The van der Waals surface area contributed by atoms with Crippen molar-refractivity contribution in [3.63, 3.8) is 0 Å². The number of halogens is 1. The van der Waals surface area contributed by atoms with Gasteiger partial charge in [0, 0.05) is 18.0 Å². The second-order valence-corrected chi connectivity index (χ2v) is 6.36. The Kier molecular flexibility index (Phi) is 6.20. The summed E-state index contributed by atoms with van der Waals surface area (Å²) < 4.78 is 5.17. The van der Waals surface area contributed by atoms with Gasteiger partial charge in [-0.2, -0.15) is 0 Å². The molecule has 1 aliphatic carbocycles. The van der Waals surface area contributed by atoms with Gasteiger partial charge in [0.1, 0.15) is 0 Å². The van der Waals surface area contributed by atoms with Gasteiger partial charge < -0.3 is 15.4 Å². The maximum absolute atomic E-state index is 12.1. The van der Waals surface area contributed by atoms with E-state index < -0.39 is 18.1 Å². The van der Waals surface area contributed by atoms with E-state index >= 15 is 0 Å². The highest BCUT2D eigenvalue weighted by atomic mass is 35.5. The molecule has 1 aromatic rings. The normalized spacial score (nSPS) is 16.0. The second-order valence-electron chi connectivity index (χ2n) is 5.92. The molecule has 0 heterocycles. The number of rotatable bonds is 7. The molecule has 0 aliphatic heterocycles. The Balaban J connectivity index is 1.94. The van der Waals surface area contributed by atoms with Crippen LogP contribution < -0.4 is 10.6 Å². The summed E-state index contributed by atoms with van der Waals surface area (Å²) in [5.41, 5.74) is 0.738. The minimum Gasteiger partial charge on any atom is -0.452 e. The summed E-state index contributed by atoms with van der Waals surface area (Å²) >= 11 is 5.85. The number of ether oxygens (including phenoxy) is 1. The lowest BCUT2D eigenvalue weighted by Gasteiger charge is -2.19. The topological polar surface area (TPSA) is 84.5 Å².